The number of hydrogen-bond donors (Lipinski definition) is 3. The third-order valence-electron chi connectivity index (χ3n) is 3.03. The third kappa shape index (κ3) is 3.61. The molecule has 21 heavy (non-hydrogen) atoms. The molecule has 0 amide bonds. The highest BCUT2D eigenvalue weighted by molar-refractivity contribution is 5.46. The number of aryl methyl sites for hydroxylation is 1. The van der Waals surface area contributed by atoms with Crippen molar-refractivity contribution in [3.05, 3.63) is 35.4 Å². The number of aromatic nitrogens is 2. The van der Waals surface area contributed by atoms with Gasteiger partial charge >= 0.3 is 0 Å². The number of rotatable bonds is 3. The number of hydrogen-bond acceptors (Lipinski definition) is 6. The summed E-state index contributed by atoms with van der Waals surface area (Å²) in [5.74, 6) is 6.95. The van der Waals surface area contributed by atoms with Gasteiger partial charge in [0.1, 0.15) is 11.6 Å². The smallest absolute Gasteiger partial charge is 0.226 e. The van der Waals surface area contributed by atoms with Crippen LogP contribution in [-0.2, 0) is 5.41 Å². The summed E-state index contributed by atoms with van der Waals surface area (Å²) in [5, 5.41) is 0. The van der Waals surface area contributed by atoms with E-state index in [2.05, 4.69) is 49.2 Å². The molecule has 0 saturated carbocycles. The molecule has 0 fully saturated rings. The maximum Gasteiger partial charge on any atom is 0.226 e. The van der Waals surface area contributed by atoms with E-state index in [0.29, 0.717) is 11.7 Å². The summed E-state index contributed by atoms with van der Waals surface area (Å²) >= 11 is 0. The number of anilines is 2. The first-order valence-electron chi connectivity index (χ1n) is 6.70. The molecular weight excluding hydrogens is 266 g/mol. The third-order valence-corrected chi connectivity index (χ3v) is 3.03. The van der Waals surface area contributed by atoms with E-state index in [1.807, 2.05) is 12.1 Å². The van der Waals surface area contributed by atoms with Crippen molar-refractivity contribution in [1.29, 1.82) is 0 Å². The summed E-state index contributed by atoms with van der Waals surface area (Å²) in [6.45, 7) is 8.46. The first-order chi connectivity index (χ1) is 9.79. The maximum atomic E-state index is 5.89. The summed E-state index contributed by atoms with van der Waals surface area (Å²) < 4.78 is 5.89. The predicted molar refractivity (Wildman–Crippen MR) is 84.2 cm³/mol. The number of nitrogens with zero attached hydrogens (tertiary/aromatic N) is 2. The minimum atomic E-state index is -0.0468. The lowest BCUT2D eigenvalue weighted by molar-refractivity contribution is 0.439. The Bertz CT molecular complexity index is 649. The minimum absolute atomic E-state index is 0.0468. The normalized spacial score (nSPS) is 11.3. The van der Waals surface area contributed by atoms with Crippen LogP contribution >= 0.6 is 0 Å². The van der Waals surface area contributed by atoms with Crippen LogP contribution in [0.15, 0.2) is 24.3 Å². The molecule has 112 valence electrons. The number of nitrogens with one attached hydrogen (secondary N) is 1. The van der Waals surface area contributed by atoms with E-state index in [0.717, 1.165) is 11.3 Å². The summed E-state index contributed by atoms with van der Waals surface area (Å²) in [6, 6.07) is 7.64. The number of nitrogens with two attached hydrogens (primary N) is 2. The molecule has 5 N–H and O–H groups in total. The Labute approximate surface area is 124 Å². The summed E-state index contributed by atoms with van der Waals surface area (Å²) in [6.07, 6.45) is 0. The Morgan fingerprint density at radius 2 is 1.86 bits per heavy atom. The fourth-order valence-electron chi connectivity index (χ4n) is 2.00. The van der Waals surface area contributed by atoms with Crippen molar-refractivity contribution < 1.29 is 4.74 Å². The second kappa shape index (κ2) is 5.57. The Kier molecular flexibility index (Phi) is 3.99. The molecule has 0 saturated heterocycles. The van der Waals surface area contributed by atoms with E-state index >= 15 is 0 Å². The average Bonchev–Trinajstić information content (AvgIpc) is 2.39. The molecule has 0 bridgehead atoms. The Morgan fingerprint density at radius 3 is 2.48 bits per heavy atom. The zero-order valence-electron chi connectivity index (χ0n) is 12.8. The lowest BCUT2D eigenvalue weighted by atomic mass is 9.85. The zero-order chi connectivity index (χ0) is 15.6. The van der Waals surface area contributed by atoms with E-state index in [1.54, 1.807) is 6.07 Å². The first kappa shape index (κ1) is 15.1. The van der Waals surface area contributed by atoms with Crippen molar-refractivity contribution in [2.45, 2.75) is 33.1 Å². The van der Waals surface area contributed by atoms with E-state index in [1.165, 1.54) is 5.56 Å². The van der Waals surface area contributed by atoms with Gasteiger partial charge in [-0.2, -0.15) is 9.97 Å². The molecule has 0 radical (unpaired) electrons. The van der Waals surface area contributed by atoms with Crippen molar-refractivity contribution in [2.75, 3.05) is 11.2 Å². The van der Waals surface area contributed by atoms with Gasteiger partial charge in [0.2, 0.25) is 11.8 Å². The molecule has 0 aliphatic heterocycles. The number of hydrazine groups is 1. The van der Waals surface area contributed by atoms with Crippen molar-refractivity contribution in [1.82, 2.24) is 9.97 Å². The van der Waals surface area contributed by atoms with E-state index in [-0.39, 0.29) is 11.4 Å². The van der Waals surface area contributed by atoms with Crippen LogP contribution in [0.4, 0.5) is 11.8 Å². The van der Waals surface area contributed by atoms with Gasteiger partial charge in [-0.1, -0.05) is 38.5 Å². The molecule has 1 aromatic carbocycles. The molecule has 0 unspecified atom stereocenters. The van der Waals surface area contributed by atoms with Crippen molar-refractivity contribution in [3.8, 4) is 11.6 Å². The van der Waals surface area contributed by atoms with Gasteiger partial charge in [-0.15, -0.1) is 0 Å². The second-order valence-electron chi connectivity index (χ2n) is 5.95. The molecule has 6 nitrogen and oxygen atoms in total. The van der Waals surface area contributed by atoms with Gasteiger partial charge in [-0.05, 0) is 18.4 Å². The van der Waals surface area contributed by atoms with E-state index in [9.17, 15) is 0 Å². The minimum Gasteiger partial charge on any atom is -0.438 e. The molecule has 0 aliphatic carbocycles. The van der Waals surface area contributed by atoms with Gasteiger partial charge < -0.3 is 15.9 Å². The standard InChI is InChI=1S/C15H21N5O/c1-9-5-6-11(10(7-9)15(2,3)4)21-13-8-12(20-17)18-14(16)19-13/h5-8H,17H2,1-4H3,(H3,16,18,19,20). The first-order valence-corrected chi connectivity index (χ1v) is 6.70. The van der Waals surface area contributed by atoms with E-state index in [4.69, 9.17) is 16.3 Å². The van der Waals surface area contributed by atoms with E-state index < -0.39 is 0 Å². The molecule has 0 atom stereocenters. The molecule has 1 heterocycles. The zero-order valence-corrected chi connectivity index (χ0v) is 12.8. The summed E-state index contributed by atoms with van der Waals surface area (Å²) in [5.41, 5.74) is 10.3. The van der Waals surface area contributed by atoms with Crippen LogP contribution in [0.2, 0.25) is 0 Å². The molecule has 2 aromatic rings. The fourth-order valence-corrected chi connectivity index (χ4v) is 2.00. The molecule has 0 aliphatic rings. The lowest BCUT2D eigenvalue weighted by Crippen LogP contribution is -2.13. The molecule has 6 heteroatoms. The van der Waals surface area contributed by atoms with Crippen LogP contribution in [-0.4, -0.2) is 9.97 Å². The quantitative estimate of drug-likeness (QED) is 0.593. The highest BCUT2D eigenvalue weighted by atomic mass is 16.5. The SMILES string of the molecule is Cc1ccc(Oc2cc(NN)nc(N)n2)c(C(C)(C)C)c1. The van der Waals surface area contributed by atoms with Crippen molar-refractivity contribution >= 4 is 11.8 Å². The second-order valence-corrected chi connectivity index (χ2v) is 5.95. The summed E-state index contributed by atoms with van der Waals surface area (Å²) in [4.78, 5) is 8.00. The Balaban J connectivity index is 2.42. The van der Waals surface area contributed by atoms with Crippen LogP contribution in [0, 0.1) is 6.92 Å². The van der Waals surface area contributed by atoms with Gasteiger partial charge in [0.25, 0.3) is 0 Å². The molecule has 0 spiro atoms. The van der Waals surface area contributed by atoms with Crippen LogP contribution in [0.3, 0.4) is 0 Å². The highest BCUT2D eigenvalue weighted by Crippen LogP contribution is 2.34. The van der Waals surface area contributed by atoms with Gasteiger partial charge in [-0.25, -0.2) is 5.84 Å². The molecule has 1 aromatic heterocycles. The monoisotopic (exact) mass is 287 g/mol. The van der Waals surface area contributed by atoms with Gasteiger partial charge in [0.05, 0.1) is 0 Å². The Hall–Kier alpha value is -2.34. The van der Waals surface area contributed by atoms with Gasteiger partial charge in [-0.3, -0.25) is 0 Å². The predicted octanol–water partition coefficient (Wildman–Crippen LogP) is 2.74. The lowest BCUT2D eigenvalue weighted by Gasteiger charge is -2.23. The largest absolute Gasteiger partial charge is 0.438 e. The van der Waals surface area contributed by atoms with Crippen LogP contribution in [0.25, 0.3) is 0 Å². The number of ether oxygens (including phenoxy) is 1. The topological polar surface area (TPSA) is 99.1 Å². The highest BCUT2D eigenvalue weighted by Gasteiger charge is 2.20. The maximum absolute atomic E-state index is 5.89. The average molecular weight is 287 g/mol. The number of nitrogen functional groups attached to an aromatic ring is 2. The fraction of sp³-hybridized carbons (Fsp3) is 0.333. The van der Waals surface area contributed by atoms with Crippen molar-refractivity contribution in [3.63, 3.8) is 0 Å². The summed E-state index contributed by atoms with van der Waals surface area (Å²) in [7, 11) is 0. The van der Waals surface area contributed by atoms with Crippen LogP contribution in [0.5, 0.6) is 11.6 Å². The van der Waals surface area contributed by atoms with Crippen LogP contribution < -0.4 is 21.7 Å². The van der Waals surface area contributed by atoms with Crippen molar-refractivity contribution in [2.24, 2.45) is 5.84 Å². The number of benzene rings is 1. The van der Waals surface area contributed by atoms with Gasteiger partial charge in [0.15, 0.2) is 0 Å². The van der Waals surface area contributed by atoms with Crippen LogP contribution in [0.1, 0.15) is 31.9 Å². The Morgan fingerprint density at radius 1 is 1.14 bits per heavy atom. The molecule has 2 rings (SSSR count). The van der Waals surface area contributed by atoms with Gasteiger partial charge in [0, 0.05) is 11.6 Å². The molecular formula is C15H21N5O.